The fourth-order valence-corrected chi connectivity index (χ4v) is 2.21. The summed E-state index contributed by atoms with van der Waals surface area (Å²) in [6.07, 6.45) is 0. The van der Waals surface area contributed by atoms with Crippen LogP contribution < -0.4 is 0 Å². The quantitative estimate of drug-likeness (QED) is 0.470. The van der Waals surface area contributed by atoms with E-state index in [-0.39, 0.29) is 11.6 Å². The van der Waals surface area contributed by atoms with Gasteiger partial charge in [0.25, 0.3) is 0 Å². The molecule has 0 saturated heterocycles. The van der Waals surface area contributed by atoms with E-state index in [1.807, 2.05) is 4.97 Å². The monoisotopic (exact) mass is 267 g/mol. The summed E-state index contributed by atoms with van der Waals surface area (Å²) >= 11 is -0.612. The first-order valence-electron chi connectivity index (χ1n) is 4.31. The molecule has 0 aliphatic carbocycles. The molecule has 1 atom stereocenters. The van der Waals surface area contributed by atoms with Crippen molar-refractivity contribution in [1.29, 1.82) is 5.26 Å². The van der Waals surface area contributed by atoms with E-state index in [9.17, 15) is 9.59 Å². The fraction of sp³-hybridized carbons (Fsp3) is 0.182. The zero-order valence-corrected chi connectivity index (χ0v) is 9.85. The van der Waals surface area contributed by atoms with Gasteiger partial charge in [0.2, 0.25) is 0 Å². The molecule has 15 heavy (non-hydrogen) atoms. The van der Waals surface area contributed by atoms with Gasteiger partial charge in [0.05, 0.1) is 0 Å². The topological polar surface area (TPSA) is 57.9 Å². The Bertz CT molecular complexity index is 408. The normalized spacial score (nSPS) is 11.5. The Morgan fingerprint density at radius 3 is 2.40 bits per heavy atom. The Balaban J connectivity index is 2.92. The number of benzene rings is 1. The minimum atomic E-state index is -0.759. The molecule has 0 aliphatic rings. The molecule has 3 nitrogen and oxygen atoms in total. The van der Waals surface area contributed by atoms with E-state index >= 15 is 0 Å². The van der Waals surface area contributed by atoms with Gasteiger partial charge in [-0.2, -0.15) is 0 Å². The van der Waals surface area contributed by atoms with Crippen LogP contribution in [0.2, 0.25) is 4.82 Å². The van der Waals surface area contributed by atoms with Crippen LogP contribution in [-0.4, -0.2) is 26.5 Å². The van der Waals surface area contributed by atoms with E-state index in [0.29, 0.717) is 5.56 Å². The second kappa shape index (κ2) is 5.45. The molecule has 4 heteroatoms. The average Bonchev–Trinajstić information content (AvgIpc) is 2.26. The Morgan fingerprint density at radius 1 is 1.33 bits per heavy atom. The third-order valence-electron chi connectivity index (χ3n) is 1.84. The molecular formula is C11H9NO2Se. The molecule has 1 unspecified atom stereocenters. The molecule has 1 aromatic carbocycles. The van der Waals surface area contributed by atoms with Crippen LogP contribution in [0.1, 0.15) is 17.3 Å². The van der Waals surface area contributed by atoms with E-state index in [1.165, 1.54) is 6.92 Å². The molecule has 0 radical (unpaired) electrons. The Hall–Kier alpha value is -1.43. The van der Waals surface area contributed by atoms with E-state index < -0.39 is 19.8 Å². The number of carbonyl (C=O) groups is 2. The number of ketones is 2. The summed E-state index contributed by atoms with van der Waals surface area (Å²) in [6.45, 7) is 1.35. The van der Waals surface area contributed by atoms with Crippen molar-refractivity contribution in [3.8, 4) is 4.97 Å². The van der Waals surface area contributed by atoms with Gasteiger partial charge in [0, 0.05) is 0 Å². The van der Waals surface area contributed by atoms with Gasteiger partial charge in [0.1, 0.15) is 0 Å². The van der Waals surface area contributed by atoms with Gasteiger partial charge in [-0.25, -0.2) is 0 Å². The first kappa shape index (κ1) is 11.6. The zero-order chi connectivity index (χ0) is 11.3. The Labute approximate surface area is 94.3 Å². The predicted molar refractivity (Wildman–Crippen MR) is 56.6 cm³/mol. The molecule has 1 aromatic rings. The van der Waals surface area contributed by atoms with Gasteiger partial charge in [-0.3, -0.25) is 0 Å². The Morgan fingerprint density at radius 2 is 1.93 bits per heavy atom. The number of carbonyl (C=O) groups excluding carboxylic acids is 2. The second-order valence-corrected chi connectivity index (χ2v) is 4.80. The molecule has 0 fully saturated rings. The number of rotatable bonds is 4. The first-order valence-corrected chi connectivity index (χ1v) is 6.16. The zero-order valence-electron chi connectivity index (χ0n) is 8.14. The van der Waals surface area contributed by atoms with Crippen LogP contribution in [0.3, 0.4) is 0 Å². The van der Waals surface area contributed by atoms with E-state index in [4.69, 9.17) is 5.26 Å². The van der Waals surface area contributed by atoms with Gasteiger partial charge in [0.15, 0.2) is 0 Å². The maximum atomic E-state index is 11.8. The van der Waals surface area contributed by atoms with E-state index in [2.05, 4.69) is 0 Å². The number of hydrogen-bond donors (Lipinski definition) is 0. The van der Waals surface area contributed by atoms with Gasteiger partial charge < -0.3 is 0 Å². The minimum absolute atomic E-state index is 0.231. The number of nitrogens with zero attached hydrogens (tertiary/aromatic N) is 1. The van der Waals surface area contributed by atoms with Crippen LogP contribution >= 0.6 is 0 Å². The van der Waals surface area contributed by atoms with E-state index in [0.717, 1.165) is 0 Å². The number of hydrogen-bond acceptors (Lipinski definition) is 3. The molecular weight excluding hydrogens is 257 g/mol. The van der Waals surface area contributed by atoms with Crippen molar-refractivity contribution >= 4 is 26.5 Å². The molecule has 0 aromatic heterocycles. The molecule has 0 aliphatic heterocycles. The van der Waals surface area contributed by atoms with Crippen LogP contribution in [0.5, 0.6) is 0 Å². The van der Waals surface area contributed by atoms with E-state index in [1.54, 1.807) is 30.3 Å². The van der Waals surface area contributed by atoms with Crippen molar-refractivity contribution in [2.75, 3.05) is 0 Å². The molecule has 1 rings (SSSR count). The molecule has 0 amide bonds. The number of Topliss-reactive ketones (excluding diaryl/α,β-unsaturated/α-hetero) is 2. The van der Waals surface area contributed by atoms with Gasteiger partial charge >= 0.3 is 94.0 Å². The van der Waals surface area contributed by atoms with Crippen LogP contribution in [-0.2, 0) is 4.79 Å². The van der Waals surface area contributed by atoms with Crippen molar-refractivity contribution in [3.63, 3.8) is 0 Å². The van der Waals surface area contributed by atoms with Crippen LogP contribution in [0.25, 0.3) is 0 Å². The summed E-state index contributed by atoms with van der Waals surface area (Å²) < 4.78 is 0. The summed E-state index contributed by atoms with van der Waals surface area (Å²) in [5.74, 6) is -0.477. The third-order valence-corrected chi connectivity index (χ3v) is 3.70. The fourth-order valence-electron chi connectivity index (χ4n) is 1.13. The SMILES string of the molecule is CC(=O)C([Se]C#N)C(=O)c1ccccc1. The first-order chi connectivity index (χ1) is 7.16. The van der Waals surface area contributed by atoms with Crippen molar-refractivity contribution in [1.82, 2.24) is 0 Å². The van der Waals surface area contributed by atoms with Gasteiger partial charge in [-0.15, -0.1) is 0 Å². The second-order valence-electron chi connectivity index (χ2n) is 2.93. The molecule has 76 valence electrons. The maximum absolute atomic E-state index is 11.8. The summed E-state index contributed by atoms with van der Waals surface area (Å²) in [5.41, 5.74) is 0.495. The third kappa shape index (κ3) is 3.02. The Kier molecular flexibility index (Phi) is 4.23. The van der Waals surface area contributed by atoms with Crippen LogP contribution in [0.4, 0.5) is 0 Å². The standard InChI is InChI=1S/C11H9NO2Se/c1-8(13)11(15-7-12)10(14)9-5-3-2-4-6-9/h2-6,11H,1H3. The van der Waals surface area contributed by atoms with Crippen molar-refractivity contribution in [3.05, 3.63) is 35.9 Å². The predicted octanol–water partition coefficient (Wildman–Crippen LogP) is 1.43. The van der Waals surface area contributed by atoms with Crippen LogP contribution in [0, 0.1) is 10.2 Å². The molecule has 0 spiro atoms. The van der Waals surface area contributed by atoms with Crippen molar-refractivity contribution in [2.24, 2.45) is 0 Å². The number of nitriles is 1. The summed E-state index contributed by atoms with van der Waals surface area (Å²) in [7, 11) is 0. The molecule has 0 saturated carbocycles. The van der Waals surface area contributed by atoms with Crippen LogP contribution in [0.15, 0.2) is 30.3 Å². The van der Waals surface area contributed by atoms with Crippen molar-refractivity contribution in [2.45, 2.75) is 11.7 Å². The average molecular weight is 266 g/mol. The summed E-state index contributed by atoms with van der Waals surface area (Å²) in [4.78, 5) is 24.2. The summed E-state index contributed by atoms with van der Waals surface area (Å²) in [5, 5.41) is 8.55. The molecule has 0 heterocycles. The van der Waals surface area contributed by atoms with Gasteiger partial charge in [-0.1, -0.05) is 0 Å². The summed E-state index contributed by atoms with van der Waals surface area (Å²) in [6, 6.07) is 8.60. The molecule has 0 N–H and O–H groups in total. The molecule has 0 bridgehead atoms. The van der Waals surface area contributed by atoms with Crippen molar-refractivity contribution < 1.29 is 9.59 Å². The van der Waals surface area contributed by atoms with Gasteiger partial charge in [-0.05, 0) is 0 Å².